The Morgan fingerprint density at radius 1 is 1.29 bits per heavy atom. The van der Waals surface area contributed by atoms with E-state index in [4.69, 9.17) is 13.9 Å². The minimum Gasteiger partial charge on any atom is -0.494 e. The van der Waals surface area contributed by atoms with E-state index in [9.17, 15) is 4.79 Å². The van der Waals surface area contributed by atoms with Crippen molar-refractivity contribution in [3.05, 3.63) is 40.8 Å². The zero-order valence-corrected chi connectivity index (χ0v) is 12.3. The average Bonchev–Trinajstić information content (AvgIpc) is 2.97. The van der Waals surface area contributed by atoms with Gasteiger partial charge in [0.2, 0.25) is 11.6 Å². The third-order valence-corrected chi connectivity index (χ3v) is 3.08. The van der Waals surface area contributed by atoms with Crippen LogP contribution >= 0.6 is 15.9 Å². The highest BCUT2D eigenvalue weighted by Gasteiger charge is 2.18. The molecule has 2 aromatic rings. The first-order valence-corrected chi connectivity index (χ1v) is 6.87. The number of anilines is 1. The number of benzene rings is 1. The number of nitrogens with one attached hydrogen (secondary N) is 1. The number of hydrogen-bond acceptors (Lipinski definition) is 6. The molecule has 0 fully saturated rings. The van der Waals surface area contributed by atoms with Gasteiger partial charge in [-0.25, -0.2) is 0 Å². The zero-order valence-electron chi connectivity index (χ0n) is 10.7. The molecule has 2 heterocycles. The molecule has 0 spiro atoms. The Morgan fingerprint density at radius 3 is 2.95 bits per heavy atom. The van der Waals surface area contributed by atoms with Gasteiger partial charge in [0.1, 0.15) is 19.5 Å². The van der Waals surface area contributed by atoms with Crippen LogP contribution in [0.25, 0.3) is 11.5 Å². The van der Waals surface area contributed by atoms with Gasteiger partial charge >= 0.3 is 6.01 Å². The number of nitrogens with zero attached hydrogens (tertiary/aromatic N) is 2. The molecule has 0 atom stereocenters. The second-order valence-corrected chi connectivity index (χ2v) is 4.99. The van der Waals surface area contributed by atoms with Gasteiger partial charge in [-0.1, -0.05) is 27.1 Å². The number of ether oxygens (including phenoxy) is 2. The first-order valence-electron chi connectivity index (χ1n) is 6.08. The standard InChI is InChI=1S/C13H10BrN3O4/c14-9-3-1-2-8(6-9)12-16-17-13(21-12)15-11(18)10-7-19-4-5-20-10/h1-3,6-7H,4-5H2,(H,15,17,18). The molecule has 1 aliphatic heterocycles. The molecule has 0 unspecified atom stereocenters. The maximum Gasteiger partial charge on any atom is 0.322 e. The Labute approximate surface area is 128 Å². The summed E-state index contributed by atoms with van der Waals surface area (Å²) < 4.78 is 16.4. The van der Waals surface area contributed by atoms with Crippen molar-refractivity contribution >= 4 is 27.9 Å². The fourth-order valence-electron chi connectivity index (χ4n) is 1.66. The van der Waals surface area contributed by atoms with Crippen molar-refractivity contribution in [3.63, 3.8) is 0 Å². The number of carbonyl (C=O) groups is 1. The van der Waals surface area contributed by atoms with E-state index in [2.05, 4.69) is 31.4 Å². The van der Waals surface area contributed by atoms with Crippen LogP contribution < -0.4 is 5.32 Å². The minimum absolute atomic E-state index is 0.00921. The summed E-state index contributed by atoms with van der Waals surface area (Å²) >= 11 is 3.36. The number of carbonyl (C=O) groups excluding carboxylic acids is 1. The Morgan fingerprint density at radius 2 is 2.19 bits per heavy atom. The van der Waals surface area contributed by atoms with Crippen molar-refractivity contribution in [1.29, 1.82) is 0 Å². The van der Waals surface area contributed by atoms with Crippen molar-refractivity contribution in [2.75, 3.05) is 18.5 Å². The molecule has 1 N–H and O–H groups in total. The van der Waals surface area contributed by atoms with Gasteiger partial charge in [0.05, 0.1) is 0 Å². The van der Waals surface area contributed by atoms with Crippen molar-refractivity contribution in [2.24, 2.45) is 0 Å². The summed E-state index contributed by atoms with van der Waals surface area (Å²) in [6.45, 7) is 0.747. The third kappa shape index (κ3) is 3.22. The molecule has 108 valence electrons. The van der Waals surface area contributed by atoms with Crippen LogP contribution in [0.1, 0.15) is 0 Å². The summed E-state index contributed by atoms with van der Waals surface area (Å²) in [4.78, 5) is 11.8. The van der Waals surface area contributed by atoms with Crippen LogP contribution in [0.2, 0.25) is 0 Å². The molecule has 3 rings (SSSR count). The summed E-state index contributed by atoms with van der Waals surface area (Å²) in [5, 5.41) is 10.1. The third-order valence-electron chi connectivity index (χ3n) is 2.59. The topological polar surface area (TPSA) is 86.5 Å². The maximum atomic E-state index is 11.8. The van der Waals surface area contributed by atoms with Crippen molar-refractivity contribution in [2.45, 2.75) is 0 Å². The van der Waals surface area contributed by atoms with E-state index in [0.717, 1.165) is 10.0 Å². The van der Waals surface area contributed by atoms with Crippen molar-refractivity contribution in [3.8, 4) is 11.5 Å². The lowest BCUT2D eigenvalue weighted by Crippen LogP contribution is -2.21. The summed E-state index contributed by atoms with van der Waals surface area (Å²) in [7, 11) is 0. The van der Waals surface area contributed by atoms with Crippen LogP contribution in [-0.4, -0.2) is 29.3 Å². The first-order chi connectivity index (χ1) is 10.2. The quantitative estimate of drug-likeness (QED) is 0.913. The number of rotatable bonds is 3. The number of amides is 1. The zero-order chi connectivity index (χ0) is 14.7. The molecule has 0 saturated carbocycles. The van der Waals surface area contributed by atoms with Crippen LogP contribution in [0.15, 0.2) is 45.2 Å². The van der Waals surface area contributed by atoms with Gasteiger partial charge in [-0.2, -0.15) is 0 Å². The largest absolute Gasteiger partial charge is 0.494 e. The van der Waals surface area contributed by atoms with E-state index in [1.54, 1.807) is 0 Å². The van der Waals surface area contributed by atoms with Crippen LogP contribution in [0.5, 0.6) is 0 Å². The van der Waals surface area contributed by atoms with Gasteiger partial charge in [-0.3, -0.25) is 10.1 Å². The van der Waals surface area contributed by atoms with Gasteiger partial charge in [0.15, 0.2) is 0 Å². The molecule has 1 aliphatic rings. The molecular formula is C13H10BrN3O4. The fourth-order valence-corrected chi connectivity index (χ4v) is 2.06. The van der Waals surface area contributed by atoms with Crippen LogP contribution in [0, 0.1) is 0 Å². The summed E-state index contributed by atoms with van der Waals surface area (Å²) in [5.41, 5.74) is 0.744. The van der Waals surface area contributed by atoms with E-state index < -0.39 is 5.91 Å². The highest BCUT2D eigenvalue weighted by molar-refractivity contribution is 9.10. The highest BCUT2D eigenvalue weighted by atomic mass is 79.9. The predicted molar refractivity (Wildman–Crippen MR) is 76.1 cm³/mol. The van der Waals surface area contributed by atoms with Gasteiger partial charge in [-0.15, -0.1) is 5.10 Å². The minimum atomic E-state index is -0.501. The van der Waals surface area contributed by atoms with E-state index in [1.807, 2.05) is 24.3 Å². The monoisotopic (exact) mass is 351 g/mol. The van der Waals surface area contributed by atoms with E-state index in [1.165, 1.54) is 6.26 Å². The highest BCUT2D eigenvalue weighted by Crippen LogP contribution is 2.23. The maximum absolute atomic E-state index is 11.8. The molecular weight excluding hydrogens is 342 g/mol. The van der Waals surface area contributed by atoms with E-state index >= 15 is 0 Å². The SMILES string of the molecule is O=C(Nc1nnc(-c2cccc(Br)c2)o1)C1=COCCO1. The molecule has 1 amide bonds. The number of hydrogen-bond donors (Lipinski definition) is 1. The van der Waals surface area contributed by atoms with E-state index in [0.29, 0.717) is 19.1 Å². The second-order valence-electron chi connectivity index (χ2n) is 4.08. The molecule has 0 radical (unpaired) electrons. The molecule has 1 aromatic carbocycles. The molecule has 21 heavy (non-hydrogen) atoms. The van der Waals surface area contributed by atoms with Gasteiger partial charge in [0, 0.05) is 10.0 Å². The van der Waals surface area contributed by atoms with Gasteiger partial charge < -0.3 is 13.9 Å². The lowest BCUT2D eigenvalue weighted by atomic mass is 10.2. The van der Waals surface area contributed by atoms with Crippen molar-refractivity contribution in [1.82, 2.24) is 10.2 Å². The lowest BCUT2D eigenvalue weighted by Gasteiger charge is -2.13. The summed E-state index contributed by atoms with van der Waals surface area (Å²) in [6.07, 6.45) is 1.25. The Hall–Kier alpha value is -2.35. The summed E-state index contributed by atoms with van der Waals surface area (Å²) in [5.74, 6) is -0.121. The number of halogens is 1. The Bertz CT molecular complexity index is 698. The molecule has 0 aliphatic carbocycles. The van der Waals surface area contributed by atoms with Gasteiger partial charge in [0.25, 0.3) is 5.91 Å². The summed E-state index contributed by atoms with van der Waals surface area (Å²) in [6, 6.07) is 7.38. The molecule has 7 nitrogen and oxygen atoms in total. The first kappa shape index (κ1) is 13.6. The molecule has 0 saturated heterocycles. The average molecular weight is 352 g/mol. The smallest absolute Gasteiger partial charge is 0.322 e. The van der Waals surface area contributed by atoms with Crippen LogP contribution in [-0.2, 0) is 14.3 Å². The molecule has 0 bridgehead atoms. The predicted octanol–water partition coefficient (Wildman–Crippen LogP) is 2.33. The van der Waals surface area contributed by atoms with Gasteiger partial charge in [-0.05, 0) is 18.2 Å². The lowest BCUT2D eigenvalue weighted by molar-refractivity contribution is -0.117. The second kappa shape index (κ2) is 5.96. The normalized spacial score (nSPS) is 13.9. The Kier molecular flexibility index (Phi) is 3.87. The van der Waals surface area contributed by atoms with Crippen LogP contribution in [0.4, 0.5) is 6.01 Å². The number of aromatic nitrogens is 2. The van der Waals surface area contributed by atoms with E-state index in [-0.39, 0.29) is 11.8 Å². The molecule has 8 heteroatoms. The Balaban J connectivity index is 1.73. The van der Waals surface area contributed by atoms with Crippen molar-refractivity contribution < 1.29 is 18.7 Å². The van der Waals surface area contributed by atoms with Crippen LogP contribution in [0.3, 0.4) is 0 Å². The fraction of sp³-hybridized carbons (Fsp3) is 0.154. The molecule has 1 aromatic heterocycles.